The molecule has 3 nitrogen and oxygen atoms in total. The normalized spacial score (nSPS) is 10.2. The van der Waals surface area contributed by atoms with Gasteiger partial charge in [-0.3, -0.25) is 4.79 Å². The molecule has 1 aromatic heterocycles. The van der Waals surface area contributed by atoms with Crippen LogP contribution in [0.1, 0.15) is 15.9 Å². The first-order chi connectivity index (χ1) is 8.56. The number of hydrogen-bond acceptors (Lipinski definition) is 2. The summed E-state index contributed by atoms with van der Waals surface area (Å²) in [5.41, 5.74) is 1.63. The third-order valence-electron chi connectivity index (χ3n) is 2.42. The van der Waals surface area contributed by atoms with Gasteiger partial charge in [0.05, 0.1) is 11.9 Å². The van der Waals surface area contributed by atoms with E-state index in [9.17, 15) is 9.18 Å². The van der Waals surface area contributed by atoms with Crippen molar-refractivity contribution in [3.63, 3.8) is 0 Å². The summed E-state index contributed by atoms with van der Waals surface area (Å²) in [6, 6.07) is 7.52. The van der Waals surface area contributed by atoms with Crippen molar-refractivity contribution >= 4 is 27.5 Å². The Balaban J connectivity index is 2.19. The Labute approximate surface area is 112 Å². The van der Waals surface area contributed by atoms with Crippen molar-refractivity contribution in [2.75, 3.05) is 5.32 Å². The van der Waals surface area contributed by atoms with Crippen LogP contribution in [0.15, 0.2) is 41.1 Å². The van der Waals surface area contributed by atoms with Crippen LogP contribution in [0.2, 0.25) is 0 Å². The first-order valence-corrected chi connectivity index (χ1v) is 6.04. The molecule has 0 aliphatic rings. The third kappa shape index (κ3) is 2.92. The lowest BCUT2D eigenvalue weighted by molar-refractivity contribution is 0.102. The lowest BCUT2D eigenvalue weighted by Crippen LogP contribution is -2.13. The van der Waals surface area contributed by atoms with E-state index in [4.69, 9.17) is 0 Å². The monoisotopic (exact) mass is 308 g/mol. The number of benzene rings is 1. The van der Waals surface area contributed by atoms with Gasteiger partial charge in [-0.15, -0.1) is 0 Å². The fraction of sp³-hybridized carbons (Fsp3) is 0.0769. The van der Waals surface area contributed by atoms with Crippen LogP contribution in [0, 0.1) is 12.7 Å². The molecule has 0 fully saturated rings. The molecule has 0 saturated heterocycles. The van der Waals surface area contributed by atoms with Crippen LogP contribution in [-0.2, 0) is 0 Å². The lowest BCUT2D eigenvalue weighted by atomic mass is 10.1. The van der Waals surface area contributed by atoms with Gasteiger partial charge in [0, 0.05) is 5.56 Å². The summed E-state index contributed by atoms with van der Waals surface area (Å²) in [4.78, 5) is 16.0. The fourth-order valence-electron chi connectivity index (χ4n) is 1.53. The smallest absolute Gasteiger partial charge is 0.255 e. The van der Waals surface area contributed by atoms with E-state index >= 15 is 0 Å². The maximum absolute atomic E-state index is 12.9. The molecule has 2 aromatic rings. The Kier molecular flexibility index (Phi) is 3.72. The number of nitrogens with zero attached hydrogens (tertiary/aromatic N) is 1. The third-order valence-corrected chi connectivity index (χ3v) is 2.89. The standard InChI is InChI=1S/C13H10BrFN2O/c1-8-6-9(15)2-4-11(8)13(18)17-10-3-5-12(14)16-7-10/h2-7H,1H3,(H,17,18). The highest BCUT2D eigenvalue weighted by molar-refractivity contribution is 9.10. The zero-order valence-electron chi connectivity index (χ0n) is 9.58. The highest BCUT2D eigenvalue weighted by Crippen LogP contribution is 2.14. The van der Waals surface area contributed by atoms with E-state index in [0.717, 1.165) is 0 Å². The first kappa shape index (κ1) is 12.7. The molecule has 1 amide bonds. The van der Waals surface area contributed by atoms with E-state index in [-0.39, 0.29) is 11.7 Å². The van der Waals surface area contributed by atoms with Gasteiger partial charge in [-0.25, -0.2) is 9.37 Å². The van der Waals surface area contributed by atoms with Crippen molar-refractivity contribution in [1.29, 1.82) is 0 Å². The summed E-state index contributed by atoms with van der Waals surface area (Å²) < 4.78 is 13.6. The Morgan fingerprint density at radius 3 is 2.72 bits per heavy atom. The molecule has 1 N–H and O–H groups in total. The van der Waals surface area contributed by atoms with Crippen LogP contribution in [0.5, 0.6) is 0 Å². The predicted octanol–water partition coefficient (Wildman–Crippen LogP) is 3.54. The Morgan fingerprint density at radius 2 is 2.11 bits per heavy atom. The SMILES string of the molecule is Cc1cc(F)ccc1C(=O)Nc1ccc(Br)nc1. The highest BCUT2D eigenvalue weighted by Gasteiger charge is 2.09. The molecular formula is C13H10BrFN2O. The summed E-state index contributed by atoms with van der Waals surface area (Å²) in [5.74, 6) is -0.633. The maximum Gasteiger partial charge on any atom is 0.255 e. The molecule has 18 heavy (non-hydrogen) atoms. The zero-order chi connectivity index (χ0) is 13.1. The average Bonchev–Trinajstić information content (AvgIpc) is 2.32. The van der Waals surface area contributed by atoms with Crippen LogP contribution in [-0.4, -0.2) is 10.9 Å². The summed E-state index contributed by atoms with van der Waals surface area (Å²) in [6.45, 7) is 1.69. The van der Waals surface area contributed by atoms with E-state index in [1.165, 1.54) is 18.2 Å². The van der Waals surface area contributed by atoms with Crippen LogP contribution in [0.4, 0.5) is 10.1 Å². The molecule has 0 aliphatic carbocycles. The minimum absolute atomic E-state index is 0.281. The van der Waals surface area contributed by atoms with Gasteiger partial charge >= 0.3 is 0 Å². The van der Waals surface area contributed by atoms with Gasteiger partial charge < -0.3 is 5.32 Å². The van der Waals surface area contributed by atoms with E-state index in [0.29, 0.717) is 21.4 Å². The van der Waals surface area contributed by atoms with Gasteiger partial charge in [0.15, 0.2) is 0 Å². The Bertz CT molecular complexity index is 584. The fourth-order valence-corrected chi connectivity index (χ4v) is 1.76. The van der Waals surface area contributed by atoms with E-state index in [1.807, 2.05) is 0 Å². The second-order valence-electron chi connectivity index (χ2n) is 3.78. The second kappa shape index (κ2) is 5.27. The molecule has 1 aromatic carbocycles. The molecule has 0 bridgehead atoms. The van der Waals surface area contributed by atoms with Crippen LogP contribution in [0.3, 0.4) is 0 Å². The maximum atomic E-state index is 12.9. The van der Waals surface area contributed by atoms with Crippen molar-refractivity contribution in [2.45, 2.75) is 6.92 Å². The first-order valence-electron chi connectivity index (χ1n) is 5.25. The summed E-state index contributed by atoms with van der Waals surface area (Å²) in [7, 11) is 0. The number of rotatable bonds is 2. The Morgan fingerprint density at radius 1 is 1.33 bits per heavy atom. The number of amides is 1. The summed E-state index contributed by atoms with van der Waals surface area (Å²) in [5, 5.41) is 2.70. The van der Waals surface area contributed by atoms with Gasteiger partial charge in [0.25, 0.3) is 5.91 Å². The van der Waals surface area contributed by atoms with E-state index < -0.39 is 0 Å². The van der Waals surface area contributed by atoms with Gasteiger partial charge in [0.1, 0.15) is 10.4 Å². The molecule has 5 heteroatoms. The van der Waals surface area contributed by atoms with Gasteiger partial charge in [-0.1, -0.05) is 0 Å². The van der Waals surface area contributed by atoms with Crippen molar-refractivity contribution in [3.05, 3.63) is 58.1 Å². The van der Waals surface area contributed by atoms with Crippen molar-refractivity contribution in [3.8, 4) is 0 Å². The van der Waals surface area contributed by atoms with Crippen molar-refractivity contribution in [1.82, 2.24) is 4.98 Å². The zero-order valence-corrected chi connectivity index (χ0v) is 11.2. The molecule has 0 saturated carbocycles. The minimum Gasteiger partial charge on any atom is -0.321 e. The number of hydrogen-bond donors (Lipinski definition) is 1. The molecule has 0 atom stereocenters. The molecule has 0 aliphatic heterocycles. The van der Waals surface area contributed by atoms with Crippen LogP contribution < -0.4 is 5.32 Å². The number of aromatic nitrogens is 1. The van der Waals surface area contributed by atoms with E-state index in [2.05, 4.69) is 26.2 Å². The van der Waals surface area contributed by atoms with Crippen molar-refractivity contribution in [2.24, 2.45) is 0 Å². The van der Waals surface area contributed by atoms with Crippen LogP contribution in [0.25, 0.3) is 0 Å². The molecule has 92 valence electrons. The number of anilines is 1. The van der Waals surface area contributed by atoms with E-state index in [1.54, 1.807) is 25.3 Å². The number of carbonyl (C=O) groups is 1. The highest BCUT2D eigenvalue weighted by atomic mass is 79.9. The topological polar surface area (TPSA) is 42.0 Å². The predicted molar refractivity (Wildman–Crippen MR) is 71.0 cm³/mol. The molecule has 1 heterocycles. The number of pyridine rings is 1. The number of aryl methyl sites for hydroxylation is 1. The summed E-state index contributed by atoms with van der Waals surface area (Å²) >= 11 is 3.21. The second-order valence-corrected chi connectivity index (χ2v) is 4.60. The van der Waals surface area contributed by atoms with Gasteiger partial charge in [-0.2, -0.15) is 0 Å². The number of nitrogens with one attached hydrogen (secondary N) is 1. The average molecular weight is 309 g/mol. The van der Waals surface area contributed by atoms with Gasteiger partial charge in [-0.05, 0) is 58.7 Å². The molecule has 0 spiro atoms. The molecule has 0 radical (unpaired) electrons. The van der Waals surface area contributed by atoms with Gasteiger partial charge in [0.2, 0.25) is 0 Å². The van der Waals surface area contributed by atoms with Crippen molar-refractivity contribution < 1.29 is 9.18 Å². The van der Waals surface area contributed by atoms with Crippen LogP contribution >= 0.6 is 15.9 Å². The quantitative estimate of drug-likeness (QED) is 0.862. The number of carbonyl (C=O) groups excluding carboxylic acids is 1. The number of halogens is 2. The summed E-state index contributed by atoms with van der Waals surface area (Å²) in [6.07, 6.45) is 1.54. The molecule has 2 rings (SSSR count). The Hall–Kier alpha value is -1.75. The minimum atomic E-state index is -0.352. The molecular weight excluding hydrogens is 299 g/mol. The largest absolute Gasteiger partial charge is 0.321 e. The lowest BCUT2D eigenvalue weighted by Gasteiger charge is -2.07. The molecule has 0 unspecified atom stereocenters.